The lowest BCUT2D eigenvalue weighted by atomic mass is 9.98. The normalized spacial score (nSPS) is 22.5. The summed E-state index contributed by atoms with van der Waals surface area (Å²) in [7, 11) is -3.30. The van der Waals surface area contributed by atoms with Gasteiger partial charge in [0, 0.05) is 37.2 Å². The van der Waals surface area contributed by atoms with E-state index < -0.39 is 10.0 Å². The molecule has 2 aliphatic heterocycles. The number of rotatable bonds is 8. The molecule has 9 nitrogen and oxygen atoms in total. The molecule has 0 amide bonds. The molecule has 2 unspecified atom stereocenters. The van der Waals surface area contributed by atoms with Crippen LogP contribution in [0.25, 0.3) is 0 Å². The number of hydrogen-bond donors (Lipinski definition) is 1. The van der Waals surface area contributed by atoms with E-state index in [1.165, 1.54) is 0 Å². The molecule has 1 N–H and O–H groups in total. The van der Waals surface area contributed by atoms with Crippen LogP contribution in [0.1, 0.15) is 50.5 Å². The quantitative estimate of drug-likeness (QED) is 0.656. The van der Waals surface area contributed by atoms with Crippen LogP contribution in [0.2, 0.25) is 0 Å². The molecule has 4 rings (SSSR count). The standard InChI is InChI=1S/C21H32N6O3S/c1-3-16-14-17-6-7-19(25-31(28,29)4-2)20(27(17)24-16)15-30-18-8-12-26(13-9-18)21-22-10-5-11-23-21/h5,10-11,14,18-20,25H,3-4,6-9,12-13,15H2,1-2H3. The number of fused-ring (bicyclic) bond motifs is 1. The Hall–Kier alpha value is -2.04. The van der Waals surface area contributed by atoms with Gasteiger partial charge in [-0.3, -0.25) is 4.68 Å². The van der Waals surface area contributed by atoms with Gasteiger partial charge in [0.25, 0.3) is 0 Å². The summed E-state index contributed by atoms with van der Waals surface area (Å²) in [6.07, 6.45) is 7.87. The maximum Gasteiger partial charge on any atom is 0.225 e. The van der Waals surface area contributed by atoms with E-state index in [-0.39, 0.29) is 23.9 Å². The molecule has 0 spiro atoms. The van der Waals surface area contributed by atoms with E-state index in [9.17, 15) is 8.42 Å². The molecule has 0 aliphatic carbocycles. The molecule has 2 atom stereocenters. The van der Waals surface area contributed by atoms with Crippen LogP contribution >= 0.6 is 0 Å². The summed E-state index contributed by atoms with van der Waals surface area (Å²) in [5, 5.41) is 4.75. The number of aromatic nitrogens is 4. The second kappa shape index (κ2) is 9.62. The van der Waals surface area contributed by atoms with Crippen LogP contribution in [0.4, 0.5) is 5.95 Å². The highest BCUT2D eigenvalue weighted by Crippen LogP contribution is 2.28. The third kappa shape index (κ3) is 5.24. The second-order valence-electron chi connectivity index (χ2n) is 8.23. The summed E-state index contributed by atoms with van der Waals surface area (Å²) in [5.41, 5.74) is 2.20. The maximum atomic E-state index is 12.3. The number of ether oxygens (including phenoxy) is 1. The summed E-state index contributed by atoms with van der Waals surface area (Å²) in [5.74, 6) is 0.832. The van der Waals surface area contributed by atoms with Crippen molar-refractivity contribution in [2.45, 2.75) is 64.1 Å². The van der Waals surface area contributed by atoms with Gasteiger partial charge in [0.15, 0.2) is 0 Å². The van der Waals surface area contributed by atoms with Crippen molar-refractivity contribution in [3.63, 3.8) is 0 Å². The van der Waals surface area contributed by atoms with Crippen LogP contribution in [0.15, 0.2) is 24.5 Å². The fourth-order valence-electron chi connectivity index (χ4n) is 4.35. The molecule has 4 heterocycles. The average Bonchev–Trinajstić information content (AvgIpc) is 3.23. The van der Waals surface area contributed by atoms with Gasteiger partial charge in [-0.1, -0.05) is 6.92 Å². The first-order valence-corrected chi connectivity index (χ1v) is 12.8. The van der Waals surface area contributed by atoms with E-state index in [1.54, 1.807) is 19.3 Å². The van der Waals surface area contributed by atoms with Gasteiger partial charge in [0.1, 0.15) is 0 Å². The van der Waals surface area contributed by atoms with Crippen molar-refractivity contribution >= 4 is 16.0 Å². The van der Waals surface area contributed by atoms with Crippen LogP contribution in [-0.2, 0) is 27.6 Å². The summed E-state index contributed by atoms with van der Waals surface area (Å²) < 4.78 is 35.7. The summed E-state index contributed by atoms with van der Waals surface area (Å²) in [4.78, 5) is 10.8. The minimum atomic E-state index is -3.30. The Morgan fingerprint density at radius 2 is 1.90 bits per heavy atom. The first-order valence-electron chi connectivity index (χ1n) is 11.2. The molecule has 0 aromatic carbocycles. The molecule has 1 fully saturated rings. The van der Waals surface area contributed by atoms with Crippen molar-refractivity contribution in [1.82, 2.24) is 24.5 Å². The van der Waals surface area contributed by atoms with Crippen molar-refractivity contribution in [3.8, 4) is 0 Å². The maximum absolute atomic E-state index is 12.3. The fourth-order valence-corrected chi connectivity index (χ4v) is 5.26. The summed E-state index contributed by atoms with van der Waals surface area (Å²) in [6.45, 7) is 5.88. The highest BCUT2D eigenvalue weighted by molar-refractivity contribution is 7.89. The highest BCUT2D eigenvalue weighted by Gasteiger charge is 2.34. The van der Waals surface area contributed by atoms with Gasteiger partial charge in [-0.25, -0.2) is 23.1 Å². The smallest absolute Gasteiger partial charge is 0.225 e. The molecular formula is C21H32N6O3S. The number of aryl methyl sites for hydroxylation is 2. The van der Waals surface area contributed by atoms with Gasteiger partial charge < -0.3 is 9.64 Å². The van der Waals surface area contributed by atoms with Crippen molar-refractivity contribution in [1.29, 1.82) is 0 Å². The van der Waals surface area contributed by atoms with Crippen molar-refractivity contribution in [2.24, 2.45) is 0 Å². The average molecular weight is 449 g/mol. The number of piperidine rings is 1. The minimum Gasteiger partial charge on any atom is -0.376 e. The molecule has 10 heteroatoms. The largest absolute Gasteiger partial charge is 0.376 e. The molecule has 0 radical (unpaired) electrons. The van der Waals surface area contributed by atoms with Crippen LogP contribution in [0, 0.1) is 0 Å². The fraction of sp³-hybridized carbons (Fsp3) is 0.667. The molecule has 170 valence electrons. The van der Waals surface area contributed by atoms with E-state index in [2.05, 4.69) is 32.6 Å². The Bertz CT molecular complexity index is 957. The van der Waals surface area contributed by atoms with Crippen LogP contribution in [-0.4, -0.2) is 65.8 Å². The Kier molecular flexibility index (Phi) is 6.88. The van der Waals surface area contributed by atoms with Crippen molar-refractivity contribution < 1.29 is 13.2 Å². The van der Waals surface area contributed by atoms with Crippen molar-refractivity contribution in [2.75, 3.05) is 30.3 Å². The minimum absolute atomic E-state index is 0.0727. The van der Waals surface area contributed by atoms with Gasteiger partial charge in [-0.15, -0.1) is 0 Å². The number of hydrogen-bond acceptors (Lipinski definition) is 7. The summed E-state index contributed by atoms with van der Waals surface area (Å²) >= 11 is 0. The molecule has 1 saturated heterocycles. The zero-order valence-electron chi connectivity index (χ0n) is 18.3. The number of nitrogens with zero attached hydrogens (tertiary/aromatic N) is 5. The van der Waals surface area contributed by atoms with Crippen LogP contribution in [0.5, 0.6) is 0 Å². The molecule has 0 bridgehead atoms. The highest BCUT2D eigenvalue weighted by atomic mass is 32.2. The van der Waals surface area contributed by atoms with Gasteiger partial charge in [0.2, 0.25) is 16.0 Å². The molecule has 0 saturated carbocycles. The van der Waals surface area contributed by atoms with Crippen molar-refractivity contribution in [3.05, 3.63) is 35.9 Å². The molecule has 2 aliphatic rings. The van der Waals surface area contributed by atoms with E-state index in [0.29, 0.717) is 6.61 Å². The monoisotopic (exact) mass is 448 g/mol. The first kappa shape index (κ1) is 22.2. The molecule has 2 aromatic rings. The molecule has 2 aromatic heterocycles. The zero-order valence-corrected chi connectivity index (χ0v) is 19.1. The summed E-state index contributed by atoms with van der Waals surface area (Å²) in [6, 6.07) is 3.61. The Morgan fingerprint density at radius 3 is 2.58 bits per heavy atom. The Labute approximate surface area is 184 Å². The SMILES string of the molecule is CCc1cc2n(n1)C(COC1CCN(c3ncccn3)CC1)C(NS(=O)(=O)CC)CC2. The zero-order chi connectivity index (χ0) is 21.8. The van der Waals surface area contributed by atoms with Gasteiger partial charge in [-0.05, 0) is 51.2 Å². The number of sulfonamides is 1. The first-order chi connectivity index (χ1) is 15.0. The molecule has 31 heavy (non-hydrogen) atoms. The number of anilines is 1. The second-order valence-corrected chi connectivity index (χ2v) is 10.3. The predicted octanol–water partition coefficient (Wildman–Crippen LogP) is 1.72. The lowest BCUT2D eigenvalue weighted by Crippen LogP contribution is -2.47. The van der Waals surface area contributed by atoms with Gasteiger partial charge >= 0.3 is 0 Å². The third-order valence-corrected chi connectivity index (χ3v) is 7.63. The van der Waals surface area contributed by atoms with E-state index in [0.717, 1.165) is 62.5 Å². The lowest BCUT2D eigenvalue weighted by molar-refractivity contribution is 0.00598. The topological polar surface area (TPSA) is 102 Å². The third-order valence-electron chi connectivity index (χ3n) is 6.21. The van der Waals surface area contributed by atoms with Gasteiger partial charge in [0.05, 0.1) is 30.2 Å². The van der Waals surface area contributed by atoms with Gasteiger partial charge in [-0.2, -0.15) is 5.10 Å². The van der Waals surface area contributed by atoms with E-state index >= 15 is 0 Å². The van der Waals surface area contributed by atoms with E-state index in [1.807, 2.05) is 10.7 Å². The Morgan fingerprint density at radius 1 is 1.16 bits per heavy atom. The Balaban J connectivity index is 1.41. The van der Waals surface area contributed by atoms with Crippen LogP contribution in [0.3, 0.4) is 0 Å². The van der Waals surface area contributed by atoms with Crippen LogP contribution < -0.4 is 9.62 Å². The van der Waals surface area contributed by atoms with E-state index in [4.69, 9.17) is 9.84 Å². The predicted molar refractivity (Wildman–Crippen MR) is 119 cm³/mol. The lowest BCUT2D eigenvalue weighted by Gasteiger charge is -2.36. The number of nitrogens with one attached hydrogen (secondary N) is 1. The molecular weight excluding hydrogens is 416 g/mol.